The molecule has 1 aromatic rings. The van der Waals surface area contributed by atoms with Gasteiger partial charge in [0.15, 0.2) is 0 Å². The number of nitrogens with one attached hydrogen (secondary N) is 1. The zero-order chi connectivity index (χ0) is 13.9. The SMILES string of the molecule is O=C(NCC1CCCC1CBr)C1CSc2ccccc21. The molecule has 1 aliphatic carbocycles. The van der Waals surface area contributed by atoms with Crippen molar-refractivity contribution in [1.82, 2.24) is 5.32 Å². The van der Waals surface area contributed by atoms with E-state index >= 15 is 0 Å². The zero-order valence-electron chi connectivity index (χ0n) is 11.5. The molecule has 0 aromatic heterocycles. The highest BCUT2D eigenvalue weighted by Gasteiger charge is 2.31. The smallest absolute Gasteiger partial charge is 0.228 e. The van der Waals surface area contributed by atoms with Gasteiger partial charge in [-0.25, -0.2) is 0 Å². The van der Waals surface area contributed by atoms with Crippen molar-refractivity contribution in [1.29, 1.82) is 0 Å². The normalized spacial score (nSPS) is 28.4. The van der Waals surface area contributed by atoms with E-state index in [1.807, 2.05) is 12.1 Å². The van der Waals surface area contributed by atoms with Crippen LogP contribution in [0.3, 0.4) is 0 Å². The molecule has 20 heavy (non-hydrogen) atoms. The van der Waals surface area contributed by atoms with Gasteiger partial charge in [0, 0.05) is 22.5 Å². The zero-order valence-corrected chi connectivity index (χ0v) is 13.9. The summed E-state index contributed by atoms with van der Waals surface area (Å²) in [5, 5.41) is 4.26. The second kappa shape index (κ2) is 6.52. The molecule has 0 spiro atoms. The van der Waals surface area contributed by atoms with Crippen LogP contribution in [0.5, 0.6) is 0 Å². The molecule has 2 aliphatic rings. The van der Waals surface area contributed by atoms with Gasteiger partial charge in [0.05, 0.1) is 5.92 Å². The van der Waals surface area contributed by atoms with Gasteiger partial charge in [-0.05, 0) is 36.3 Å². The molecule has 0 radical (unpaired) electrons. The summed E-state index contributed by atoms with van der Waals surface area (Å²) < 4.78 is 0. The van der Waals surface area contributed by atoms with Crippen molar-refractivity contribution in [2.45, 2.75) is 30.1 Å². The fraction of sp³-hybridized carbons (Fsp3) is 0.562. The second-order valence-corrected chi connectivity index (χ2v) is 7.46. The van der Waals surface area contributed by atoms with Gasteiger partial charge < -0.3 is 5.32 Å². The van der Waals surface area contributed by atoms with Crippen LogP contribution >= 0.6 is 27.7 Å². The first-order valence-electron chi connectivity index (χ1n) is 7.35. The Labute approximate surface area is 133 Å². The molecule has 1 saturated carbocycles. The summed E-state index contributed by atoms with van der Waals surface area (Å²) in [6.45, 7) is 0.846. The third-order valence-electron chi connectivity index (χ3n) is 4.57. The average molecular weight is 354 g/mol. The van der Waals surface area contributed by atoms with E-state index < -0.39 is 0 Å². The van der Waals surface area contributed by atoms with Crippen molar-refractivity contribution in [3.8, 4) is 0 Å². The van der Waals surface area contributed by atoms with Gasteiger partial charge >= 0.3 is 0 Å². The maximum absolute atomic E-state index is 12.4. The molecule has 0 saturated heterocycles. The van der Waals surface area contributed by atoms with E-state index in [1.165, 1.54) is 29.7 Å². The van der Waals surface area contributed by atoms with Crippen molar-refractivity contribution < 1.29 is 4.79 Å². The van der Waals surface area contributed by atoms with Crippen molar-refractivity contribution >= 4 is 33.6 Å². The number of amides is 1. The minimum atomic E-state index is 0.0417. The van der Waals surface area contributed by atoms with Crippen LogP contribution in [0, 0.1) is 11.8 Å². The van der Waals surface area contributed by atoms with E-state index in [-0.39, 0.29) is 11.8 Å². The molecule has 1 heterocycles. The van der Waals surface area contributed by atoms with E-state index in [4.69, 9.17) is 0 Å². The Morgan fingerprint density at radius 2 is 2.10 bits per heavy atom. The van der Waals surface area contributed by atoms with Gasteiger partial charge in [0.2, 0.25) is 5.91 Å². The van der Waals surface area contributed by atoms with E-state index in [9.17, 15) is 4.79 Å². The van der Waals surface area contributed by atoms with Gasteiger partial charge in [-0.2, -0.15) is 0 Å². The van der Waals surface area contributed by atoms with E-state index in [1.54, 1.807) is 11.8 Å². The topological polar surface area (TPSA) is 29.1 Å². The van der Waals surface area contributed by atoms with Gasteiger partial charge in [-0.15, -0.1) is 11.8 Å². The van der Waals surface area contributed by atoms with E-state index in [0.717, 1.165) is 23.5 Å². The first-order chi connectivity index (χ1) is 9.79. The Morgan fingerprint density at radius 1 is 1.30 bits per heavy atom. The molecule has 108 valence electrons. The largest absolute Gasteiger partial charge is 0.355 e. The van der Waals surface area contributed by atoms with E-state index in [2.05, 4.69) is 33.4 Å². The Balaban J connectivity index is 1.58. The summed E-state index contributed by atoms with van der Waals surface area (Å²) in [7, 11) is 0. The molecular formula is C16H20BrNOS. The Kier molecular flexibility index (Phi) is 4.72. The predicted molar refractivity (Wildman–Crippen MR) is 87.5 cm³/mol. The van der Waals surface area contributed by atoms with Crippen LogP contribution < -0.4 is 5.32 Å². The standard InChI is InChI=1S/C16H20BrNOS/c17-8-11-4-3-5-12(11)9-18-16(19)14-10-20-15-7-2-1-6-13(14)15/h1-2,6-7,11-12,14H,3-5,8-10H2,(H,18,19). The molecule has 3 unspecified atom stereocenters. The van der Waals surface area contributed by atoms with Crippen LogP contribution in [0.25, 0.3) is 0 Å². The quantitative estimate of drug-likeness (QED) is 0.834. The fourth-order valence-electron chi connectivity index (χ4n) is 3.32. The number of alkyl halides is 1. The molecule has 1 amide bonds. The minimum Gasteiger partial charge on any atom is -0.355 e. The highest BCUT2D eigenvalue weighted by molar-refractivity contribution is 9.09. The lowest BCUT2D eigenvalue weighted by molar-refractivity contribution is -0.122. The highest BCUT2D eigenvalue weighted by Crippen LogP contribution is 2.39. The number of hydrogen-bond donors (Lipinski definition) is 1. The van der Waals surface area contributed by atoms with Crippen LogP contribution in [0.2, 0.25) is 0 Å². The maximum Gasteiger partial charge on any atom is 0.228 e. The molecule has 1 fully saturated rings. The van der Waals surface area contributed by atoms with Gasteiger partial charge in [0.25, 0.3) is 0 Å². The first kappa shape index (κ1) is 14.5. The number of carbonyl (C=O) groups is 1. The number of hydrogen-bond acceptors (Lipinski definition) is 2. The lowest BCUT2D eigenvalue weighted by Gasteiger charge is -2.19. The van der Waals surface area contributed by atoms with Crippen LogP contribution in [-0.2, 0) is 4.79 Å². The summed E-state index contributed by atoms with van der Waals surface area (Å²) in [4.78, 5) is 13.7. The molecule has 2 nitrogen and oxygen atoms in total. The summed E-state index contributed by atoms with van der Waals surface area (Å²) in [6.07, 6.45) is 3.86. The molecular weight excluding hydrogens is 334 g/mol. The van der Waals surface area contributed by atoms with Crippen LogP contribution in [0.15, 0.2) is 29.2 Å². The summed E-state index contributed by atoms with van der Waals surface area (Å²) in [5.41, 5.74) is 1.21. The Morgan fingerprint density at radius 3 is 2.95 bits per heavy atom. The first-order valence-corrected chi connectivity index (χ1v) is 9.45. The lowest BCUT2D eigenvalue weighted by Crippen LogP contribution is -2.34. The van der Waals surface area contributed by atoms with Gasteiger partial charge in [0.1, 0.15) is 0 Å². The van der Waals surface area contributed by atoms with Crippen LogP contribution in [0.1, 0.15) is 30.7 Å². The maximum atomic E-state index is 12.4. The Hall–Kier alpha value is -0.480. The fourth-order valence-corrected chi connectivity index (χ4v) is 5.40. The monoisotopic (exact) mass is 353 g/mol. The molecule has 1 aromatic carbocycles. The molecule has 1 N–H and O–H groups in total. The lowest BCUT2D eigenvalue weighted by atomic mass is 9.97. The number of thioether (sulfide) groups is 1. The Bertz CT molecular complexity index is 493. The molecule has 0 bridgehead atoms. The van der Waals surface area contributed by atoms with E-state index in [0.29, 0.717) is 5.92 Å². The number of halogens is 1. The molecule has 1 aliphatic heterocycles. The van der Waals surface area contributed by atoms with Gasteiger partial charge in [-0.3, -0.25) is 4.79 Å². The minimum absolute atomic E-state index is 0.0417. The number of benzene rings is 1. The molecule has 4 heteroatoms. The third kappa shape index (κ3) is 2.91. The average Bonchev–Trinajstić information content (AvgIpc) is 3.11. The number of carbonyl (C=O) groups excluding carboxylic acids is 1. The summed E-state index contributed by atoms with van der Waals surface area (Å²) in [5.74, 6) is 2.53. The summed E-state index contributed by atoms with van der Waals surface area (Å²) in [6, 6.07) is 8.29. The van der Waals surface area contributed by atoms with Gasteiger partial charge in [-0.1, -0.05) is 40.5 Å². The second-order valence-electron chi connectivity index (χ2n) is 5.75. The molecule has 3 atom stereocenters. The van der Waals surface area contributed by atoms with Crippen LogP contribution in [-0.4, -0.2) is 23.5 Å². The van der Waals surface area contributed by atoms with Crippen LogP contribution in [0.4, 0.5) is 0 Å². The predicted octanol–water partition coefficient (Wildman–Crippen LogP) is 3.80. The third-order valence-corrected chi connectivity index (χ3v) is 6.58. The highest BCUT2D eigenvalue weighted by atomic mass is 79.9. The molecule has 3 rings (SSSR count). The van der Waals surface area contributed by atoms with Crippen molar-refractivity contribution in [3.63, 3.8) is 0 Å². The van der Waals surface area contributed by atoms with Crippen molar-refractivity contribution in [2.24, 2.45) is 11.8 Å². The number of rotatable bonds is 4. The van der Waals surface area contributed by atoms with Crippen molar-refractivity contribution in [2.75, 3.05) is 17.6 Å². The number of fused-ring (bicyclic) bond motifs is 1. The van der Waals surface area contributed by atoms with Crippen molar-refractivity contribution in [3.05, 3.63) is 29.8 Å². The summed E-state index contributed by atoms with van der Waals surface area (Å²) >= 11 is 5.39.